The van der Waals surface area contributed by atoms with Crippen LogP contribution < -0.4 is 4.90 Å². The van der Waals surface area contributed by atoms with E-state index in [1.165, 1.54) is 23.8 Å². The number of amides is 1. The number of carbonyl (C=O) groups excluding carboxylic acids is 1. The Morgan fingerprint density at radius 2 is 1.69 bits per heavy atom. The number of aryl methyl sites for hydroxylation is 1. The van der Waals surface area contributed by atoms with Crippen molar-refractivity contribution >= 4 is 29.4 Å². The Hall–Kier alpha value is -3.88. The van der Waals surface area contributed by atoms with Crippen LogP contribution in [0.3, 0.4) is 0 Å². The van der Waals surface area contributed by atoms with Crippen molar-refractivity contribution < 1.29 is 18.0 Å². The van der Waals surface area contributed by atoms with Gasteiger partial charge in [-0.15, -0.1) is 0 Å². The molecule has 2 aliphatic heterocycles. The molecule has 1 amide bonds. The highest BCUT2D eigenvalue weighted by atomic mass is 32.2. The molecule has 1 aromatic heterocycles. The van der Waals surface area contributed by atoms with E-state index in [-0.39, 0.29) is 17.1 Å². The van der Waals surface area contributed by atoms with Gasteiger partial charge in [-0.1, -0.05) is 30.0 Å². The average molecular weight is 586 g/mol. The fourth-order valence-corrected chi connectivity index (χ4v) is 6.77. The standard InChI is InChI=1S/C34H30F3N3OS/c1-23-19-25(12-15-38-23)33(41)40-22-34(29-21-28(9-11-32(29)40)42-27-7-5-26(35)6-8-27)13-17-39(18-14-34)16-2-3-24-4-10-30(36)31(37)20-24/h2-12,15,19-21H,13-14,16-18,22H2,1H3. The first-order chi connectivity index (χ1) is 20.3. The number of pyridine rings is 1. The van der Waals surface area contributed by atoms with Gasteiger partial charge in [-0.25, -0.2) is 13.2 Å². The highest BCUT2D eigenvalue weighted by molar-refractivity contribution is 7.99. The van der Waals surface area contributed by atoms with E-state index in [4.69, 9.17) is 0 Å². The number of fused-ring (bicyclic) bond motifs is 2. The van der Waals surface area contributed by atoms with Crippen molar-refractivity contribution in [1.82, 2.24) is 9.88 Å². The van der Waals surface area contributed by atoms with Gasteiger partial charge in [-0.05, 0) is 111 Å². The summed E-state index contributed by atoms with van der Waals surface area (Å²) in [6, 6.07) is 20.2. The Labute approximate surface area is 247 Å². The molecule has 0 saturated carbocycles. The molecule has 4 nitrogen and oxygen atoms in total. The number of likely N-dealkylation sites (tertiary alicyclic amines) is 1. The Morgan fingerprint density at radius 3 is 2.43 bits per heavy atom. The predicted octanol–water partition coefficient (Wildman–Crippen LogP) is 7.67. The normalized spacial score (nSPS) is 16.3. The Balaban J connectivity index is 1.23. The molecule has 4 aromatic rings. The highest BCUT2D eigenvalue weighted by Gasteiger charge is 2.46. The number of anilines is 1. The Morgan fingerprint density at radius 1 is 0.929 bits per heavy atom. The molecule has 0 radical (unpaired) electrons. The van der Waals surface area contributed by atoms with E-state index in [9.17, 15) is 18.0 Å². The molecule has 0 atom stereocenters. The van der Waals surface area contributed by atoms with E-state index >= 15 is 0 Å². The largest absolute Gasteiger partial charge is 0.307 e. The number of halogens is 3. The third kappa shape index (κ3) is 5.87. The zero-order chi connectivity index (χ0) is 29.3. The third-order valence-electron chi connectivity index (χ3n) is 8.16. The summed E-state index contributed by atoms with van der Waals surface area (Å²) in [6.07, 6.45) is 7.22. The number of benzene rings is 3. The van der Waals surface area contributed by atoms with Crippen LogP contribution in [-0.2, 0) is 5.41 Å². The molecular weight excluding hydrogens is 555 g/mol. The van der Waals surface area contributed by atoms with Crippen LogP contribution in [0.4, 0.5) is 18.9 Å². The molecule has 3 heterocycles. The van der Waals surface area contributed by atoms with E-state index in [1.54, 1.807) is 42.2 Å². The molecule has 8 heteroatoms. The first kappa shape index (κ1) is 28.2. The maximum absolute atomic E-state index is 13.8. The first-order valence-electron chi connectivity index (χ1n) is 14.0. The van der Waals surface area contributed by atoms with Gasteiger partial charge < -0.3 is 4.90 Å². The van der Waals surface area contributed by atoms with E-state index in [0.717, 1.165) is 53.2 Å². The summed E-state index contributed by atoms with van der Waals surface area (Å²) < 4.78 is 40.3. The van der Waals surface area contributed by atoms with Crippen LogP contribution in [0.2, 0.25) is 0 Å². The number of rotatable bonds is 6. The molecule has 1 spiro atoms. The summed E-state index contributed by atoms with van der Waals surface area (Å²) in [5.41, 5.74) is 3.96. The summed E-state index contributed by atoms with van der Waals surface area (Å²) >= 11 is 1.58. The van der Waals surface area contributed by atoms with Gasteiger partial charge in [0.2, 0.25) is 0 Å². The zero-order valence-corrected chi connectivity index (χ0v) is 24.0. The maximum atomic E-state index is 13.8. The van der Waals surface area contributed by atoms with Gasteiger partial charge in [0.05, 0.1) is 0 Å². The monoisotopic (exact) mass is 585 g/mol. The van der Waals surface area contributed by atoms with Gasteiger partial charge in [0, 0.05) is 51.4 Å². The minimum absolute atomic E-state index is 0.0329. The molecule has 2 aliphatic rings. The van der Waals surface area contributed by atoms with Gasteiger partial charge >= 0.3 is 0 Å². The van der Waals surface area contributed by atoms with Crippen molar-refractivity contribution in [3.05, 3.63) is 125 Å². The van der Waals surface area contributed by atoms with Crippen molar-refractivity contribution in [3.63, 3.8) is 0 Å². The first-order valence-corrected chi connectivity index (χ1v) is 14.8. The van der Waals surface area contributed by atoms with E-state index in [1.807, 2.05) is 42.2 Å². The molecule has 1 fully saturated rings. The quantitative estimate of drug-likeness (QED) is 0.233. The Kier molecular flexibility index (Phi) is 7.92. The summed E-state index contributed by atoms with van der Waals surface area (Å²) in [6.45, 7) is 4.86. The van der Waals surface area contributed by atoms with Crippen LogP contribution in [0.25, 0.3) is 6.08 Å². The van der Waals surface area contributed by atoms with Crippen molar-refractivity contribution in [2.24, 2.45) is 0 Å². The minimum atomic E-state index is -0.852. The topological polar surface area (TPSA) is 36.4 Å². The smallest absolute Gasteiger partial charge is 0.258 e. The van der Waals surface area contributed by atoms with E-state index in [0.29, 0.717) is 24.2 Å². The van der Waals surface area contributed by atoms with Crippen LogP contribution in [0, 0.1) is 24.4 Å². The molecule has 214 valence electrons. The Bertz CT molecular complexity index is 1650. The number of nitrogens with zero attached hydrogens (tertiary/aromatic N) is 3. The second kappa shape index (κ2) is 11.8. The van der Waals surface area contributed by atoms with Crippen LogP contribution in [0.15, 0.2) is 94.9 Å². The van der Waals surface area contributed by atoms with E-state index < -0.39 is 11.6 Å². The molecular formula is C34H30F3N3OS. The van der Waals surface area contributed by atoms with Gasteiger partial charge in [0.15, 0.2) is 11.6 Å². The molecule has 6 rings (SSSR count). The van der Waals surface area contributed by atoms with Crippen molar-refractivity contribution in [2.75, 3.05) is 31.1 Å². The lowest BCUT2D eigenvalue weighted by Gasteiger charge is -2.39. The second-order valence-electron chi connectivity index (χ2n) is 11.0. The van der Waals surface area contributed by atoms with Crippen molar-refractivity contribution in [1.29, 1.82) is 0 Å². The molecule has 0 N–H and O–H groups in total. The van der Waals surface area contributed by atoms with Crippen molar-refractivity contribution in [2.45, 2.75) is 35.0 Å². The molecule has 0 bridgehead atoms. The number of piperidine rings is 1. The van der Waals surface area contributed by atoms with Gasteiger partial charge in [0.25, 0.3) is 5.91 Å². The molecule has 0 unspecified atom stereocenters. The lowest BCUT2D eigenvalue weighted by atomic mass is 9.74. The predicted molar refractivity (Wildman–Crippen MR) is 160 cm³/mol. The van der Waals surface area contributed by atoms with Crippen LogP contribution in [-0.4, -0.2) is 42.0 Å². The number of aromatic nitrogens is 1. The second-order valence-corrected chi connectivity index (χ2v) is 12.1. The van der Waals surface area contributed by atoms with Crippen molar-refractivity contribution in [3.8, 4) is 0 Å². The fraction of sp³-hybridized carbons (Fsp3) is 0.235. The summed E-state index contributed by atoms with van der Waals surface area (Å²) in [5, 5.41) is 0. The number of hydrogen-bond donors (Lipinski definition) is 0. The van der Waals surface area contributed by atoms with Gasteiger partial charge in [-0.2, -0.15) is 0 Å². The lowest BCUT2D eigenvalue weighted by molar-refractivity contribution is 0.0977. The van der Waals surface area contributed by atoms with Crippen LogP contribution in [0.1, 0.15) is 40.0 Å². The molecule has 3 aromatic carbocycles. The molecule has 42 heavy (non-hydrogen) atoms. The zero-order valence-electron chi connectivity index (χ0n) is 23.2. The molecule has 0 aliphatic carbocycles. The highest BCUT2D eigenvalue weighted by Crippen LogP contribution is 2.49. The van der Waals surface area contributed by atoms with Gasteiger partial charge in [-0.3, -0.25) is 14.7 Å². The minimum Gasteiger partial charge on any atom is -0.307 e. The average Bonchev–Trinajstić information content (AvgIpc) is 3.30. The maximum Gasteiger partial charge on any atom is 0.258 e. The SMILES string of the molecule is Cc1cc(C(=O)N2CC3(CCN(CC=Cc4ccc(F)c(F)c4)CC3)c3cc(Sc4ccc(F)cc4)ccc32)ccn1. The van der Waals surface area contributed by atoms with Crippen LogP contribution in [0.5, 0.6) is 0 Å². The van der Waals surface area contributed by atoms with Crippen LogP contribution >= 0.6 is 11.8 Å². The van der Waals surface area contributed by atoms with E-state index in [2.05, 4.69) is 16.0 Å². The molecule has 1 saturated heterocycles. The summed E-state index contributed by atoms with van der Waals surface area (Å²) in [4.78, 5) is 24.3. The van der Waals surface area contributed by atoms with Gasteiger partial charge in [0.1, 0.15) is 5.82 Å². The number of carbonyl (C=O) groups is 1. The number of hydrogen-bond acceptors (Lipinski definition) is 4. The fourth-order valence-electron chi connectivity index (χ4n) is 5.91. The summed E-state index contributed by atoms with van der Waals surface area (Å²) in [5.74, 6) is -2.00. The lowest BCUT2D eigenvalue weighted by Crippen LogP contribution is -2.46. The summed E-state index contributed by atoms with van der Waals surface area (Å²) in [7, 11) is 0. The third-order valence-corrected chi connectivity index (χ3v) is 9.16.